The first-order chi connectivity index (χ1) is 5.48. The summed E-state index contributed by atoms with van der Waals surface area (Å²) in [5.41, 5.74) is -0.0712. The smallest absolute Gasteiger partial charge is 0.312 e. The predicted molar refractivity (Wildman–Crippen MR) is 45.6 cm³/mol. The second kappa shape index (κ2) is 2.04. The first-order valence-corrected chi connectivity index (χ1v) is 4.66. The summed E-state index contributed by atoms with van der Waals surface area (Å²) in [5, 5.41) is 0. The molecule has 1 aliphatic heterocycles. The van der Waals surface area contributed by atoms with Crippen LogP contribution in [0.4, 0.5) is 0 Å². The monoisotopic (exact) mass is 168 g/mol. The molecular weight excluding hydrogens is 152 g/mol. The Morgan fingerprint density at radius 2 is 2.08 bits per heavy atom. The molecule has 2 bridgehead atoms. The van der Waals surface area contributed by atoms with Crippen LogP contribution in [0.1, 0.15) is 33.6 Å². The Bertz CT molecular complexity index is 232. The quantitative estimate of drug-likeness (QED) is 0.517. The molecule has 0 unspecified atom stereocenters. The molecule has 1 aliphatic carbocycles. The van der Waals surface area contributed by atoms with Gasteiger partial charge in [0.25, 0.3) is 0 Å². The van der Waals surface area contributed by atoms with E-state index in [1.54, 1.807) is 0 Å². The molecule has 2 heteroatoms. The highest BCUT2D eigenvalue weighted by molar-refractivity contribution is 5.79. The van der Waals surface area contributed by atoms with Gasteiger partial charge >= 0.3 is 5.97 Å². The van der Waals surface area contributed by atoms with Gasteiger partial charge in [0, 0.05) is 0 Å². The maximum atomic E-state index is 11.6. The van der Waals surface area contributed by atoms with Gasteiger partial charge in [0.1, 0.15) is 0 Å². The lowest BCUT2D eigenvalue weighted by molar-refractivity contribution is -0.173. The SMILES string of the molecule is CC1(C)[C@@H]2CC[C@@]1(C)C(=O)OC2. The molecule has 1 saturated heterocycles. The van der Waals surface area contributed by atoms with E-state index in [4.69, 9.17) is 4.74 Å². The summed E-state index contributed by atoms with van der Waals surface area (Å²) >= 11 is 0. The number of hydrogen-bond acceptors (Lipinski definition) is 2. The molecule has 0 amide bonds. The van der Waals surface area contributed by atoms with Gasteiger partial charge in [0.15, 0.2) is 0 Å². The van der Waals surface area contributed by atoms with Crippen molar-refractivity contribution in [3.05, 3.63) is 0 Å². The van der Waals surface area contributed by atoms with Gasteiger partial charge in [-0.15, -0.1) is 0 Å². The minimum atomic E-state index is -0.212. The Morgan fingerprint density at radius 3 is 2.67 bits per heavy atom. The van der Waals surface area contributed by atoms with Gasteiger partial charge in [-0.3, -0.25) is 4.79 Å². The average molecular weight is 168 g/mol. The largest absolute Gasteiger partial charge is 0.465 e. The number of carbonyl (C=O) groups is 1. The van der Waals surface area contributed by atoms with Crippen molar-refractivity contribution in [2.45, 2.75) is 33.6 Å². The van der Waals surface area contributed by atoms with Gasteiger partial charge in [-0.2, -0.15) is 0 Å². The van der Waals surface area contributed by atoms with Gasteiger partial charge in [-0.05, 0) is 31.1 Å². The summed E-state index contributed by atoms with van der Waals surface area (Å²) < 4.78 is 5.16. The highest BCUT2D eigenvalue weighted by atomic mass is 16.5. The van der Waals surface area contributed by atoms with Crippen molar-refractivity contribution in [1.29, 1.82) is 0 Å². The Kier molecular flexibility index (Phi) is 1.37. The van der Waals surface area contributed by atoms with Crippen molar-refractivity contribution in [3.63, 3.8) is 0 Å². The first-order valence-electron chi connectivity index (χ1n) is 4.66. The molecule has 1 heterocycles. The third-order valence-electron chi connectivity index (χ3n) is 4.30. The lowest BCUT2D eigenvalue weighted by atomic mass is 9.65. The molecule has 12 heavy (non-hydrogen) atoms. The van der Waals surface area contributed by atoms with Crippen LogP contribution in [0.5, 0.6) is 0 Å². The minimum Gasteiger partial charge on any atom is -0.465 e. The first kappa shape index (κ1) is 8.09. The van der Waals surface area contributed by atoms with Gasteiger partial charge in [-0.1, -0.05) is 13.8 Å². The summed E-state index contributed by atoms with van der Waals surface area (Å²) in [6.45, 7) is 7.09. The van der Waals surface area contributed by atoms with E-state index in [0.29, 0.717) is 12.5 Å². The van der Waals surface area contributed by atoms with E-state index in [1.807, 2.05) is 0 Å². The third kappa shape index (κ3) is 0.686. The zero-order valence-corrected chi connectivity index (χ0v) is 8.02. The number of fused-ring (bicyclic) bond motifs is 2. The maximum Gasteiger partial charge on any atom is 0.312 e. The molecule has 2 aliphatic rings. The number of rotatable bonds is 0. The molecule has 1 saturated carbocycles. The lowest BCUT2D eigenvalue weighted by Crippen LogP contribution is -2.47. The van der Waals surface area contributed by atoms with Crippen LogP contribution in [0.25, 0.3) is 0 Å². The second-order valence-corrected chi connectivity index (χ2v) is 4.89. The van der Waals surface area contributed by atoms with Crippen LogP contribution in [0.2, 0.25) is 0 Å². The molecule has 0 aromatic carbocycles. The molecule has 68 valence electrons. The summed E-state index contributed by atoms with van der Waals surface area (Å²) in [6.07, 6.45) is 2.15. The minimum absolute atomic E-state index is 0.0150. The van der Waals surface area contributed by atoms with Crippen molar-refractivity contribution in [1.82, 2.24) is 0 Å². The van der Waals surface area contributed by atoms with Crippen molar-refractivity contribution in [2.24, 2.45) is 16.7 Å². The van der Waals surface area contributed by atoms with E-state index in [0.717, 1.165) is 12.8 Å². The normalized spacial score (nSPS) is 44.2. The molecule has 2 fully saturated rings. The Morgan fingerprint density at radius 1 is 1.42 bits per heavy atom. The lowest BCUT2D eigenvalue weighted by Gasteiger charge is -2.43. The van der Waals surface area contributed by atoms with E-state index < -0.39 is 0 Å². The number of cyclic esters (lactones) is 1. The molecule has 0 radical (unpaired) electrons. The van der Waals surface area contributed by atoms with Crippen LogP contribution in [0.3, 0.4) is 0 Å². The van der Waals surface area contributed by atoms with Gasteiger partial charge in [0.05, 0.1) is 12.0 Å². The van der Waals surface area contributed by atoms with Crippen LogP contribution in [-0.4, -0.2) is 12.6 Å². The van der Waals surface area contributed by atoms with Crippen LogP contribution >= 0.6 is 0 Å². The Hall–Kier alpha value is -0.530. The van der Waals surface area contributed by atoms with Crippen LogP contribution in [0, 0.1) is 16.7 Å². The number of ether oxygens (including phenoxy) is 1. The van der Waals surface area contributed by atoms with E-state index >= 15 is 0 Å². The van der Waals surface area contributed by atoms with Crippen LogP contribution in [-0.2, 0) is 9.53 Å². The van der Waals surface area contributed by atoms with E-state index in [1.165, 1.54) is 0 Å². The highest BCUT2D eigenvalue weighted by Crippen LogP contribution is 2.58. The Labute approximate surface area is 73.3 Å². The van der Waals surface area contributed by atoms with E-state index in [2.05, 4.69) is 20.8 Å². The summed E-state index contributed by atoms with van der Waals surface area (Å²) in [4.78, 5) is 11.6. The van der Waals surface area contributed by atoms with E-state index in [-0.39, 0.29) is 16.8 Å². The zero-order valence-electron chi connectivity index (χ0n) is 8.02. The molecule has 0 aromatic heterocycles. The average Bonchev–Trinajstić information content (AvgIpc) is 2.17. The zero-order chi connectivity index (χ0) is 8.98. The number of carbonyl (C=O) groups excluding carboxylic acids is 1. The standard InChI is InChI=1S/C10H16O2/c1-9(2)7-4-5-10(9,3)8(11)12-6-7/h7H,4-6H2,1-3H3/t7-,10+/m1/s1. The third-order valence-corrected chi connectivity index (χ3v) is 4.30. The van der Waals surface area contributed by atoms with Crippen molar-refractivity contribution in [2.75, 3.05) is 6.61 Å². The van der Waals surface area contributed by atoms with Crippen molar-refractivity contribution in [3.8, 4) is 0 Å². The molecule has 0 spiro atoms. The fraction of sp³-hybridized carbons (Fsp3) is 0.900. The van der Waals surface area contributed by atoms with Gasteiger partial charge < -0.3 is 4.74 Å². The number of hydrogen-bond donors (Lipinski definition) is 0. The van der Waals surface area contributed by atoms with Crippen molar-refractivity contribution < 1.29 is 9.53 Å². The molecule has 0 aromatic rings. The summed E-state index contributed by atoms with van der Waals surface area (Å²) in [5.74, 6) is 0.599. The van der Waals surface area contributed by atoms with Gasteiger partial charge in [-0.25, -0.2) is 0 Å². The maximum absolute atomic E-state index is 11.6. The Balaban J connectivity index is 2.43. The highest BCUT2D eigenvalue weighted by Gasteiger charge is 2.59. The topological polar surface area (TPSA) is 26.3 Å². The molecular formula is C10H16O2. The summed E-state index contributed by atoms with van der Waals surface area (Å²) in [7, 11) is 0. The second-order valence-electron chi connectivity index (χ2n) is 4.89. The van der Waals surface area contributed by atoms with Crippen LogP contribution < -0.4 is 0 Å². The molecule has 2 rings (SSSR count). The molecule has 0 N–H and O–H groups in total. The fourth-order valence-corrected chi connectivity index (χ4v) is 2.59. The molecule has 2 atom stereocenters. The molecule has 2 nitrogen and oxygen atoms in total. The summed E-state index contributed by atoms with van der Waals surface area (Å²) in [6, 6.07) is 0. The van der Waals surface area contributed by atoms with Gasteiger partial charge in [0.2, 0.25) is 0 Å². The van der Waals surface area contributed by atoms with Crippen LogP contribution in [0.15, 0.2) is 0 Å². The van der Waals surface area contributed by atoms with E-state index in [9.17, 15) is 4.79 Å². The van der Waals surface area contributed by atoms with Crippen molar-refractivity contribution >= 4 is 5.97 Å². The predicted octanol–water partition coefficient (Wildman–Crippen LogP) is 1.99. The number of esters is 1. The fourth-order valence-electron chi connectivity index (χ4n) is 2.59.